The summed E-state index contributed by atoms with van der Waals surface area (Å²) in [7, 11) is 0. The van der Waals surface area contributed by atoms with E-state index in [1.165, 1.54) is 38.6 Å². The zero-order valence-corrected chi connectivity index (χ0v) is 7.84. The van der Waals surface area contributed by atoms with Gasteiger partial charge in [-0.1, -0.05) is 6.42 Å². The molecule has 1 aliphatic carbocycles. The summed E-state index contributed by atoms with van der Waals surface area (Å²) in [6.07, 6.45) is 7.26. The van der Waals surface area contributed by atoms with Crippen LogP contribution in [0, 0.1) is 5.92 Å². The fourth-order valence-corrected chi connectivity index (χ4v) is 2.65. The van der Waals surface area contributed by atoms with Gasteiger partial charge in [0.25, 0.3) is 0 Å². The molecule has 70 valence electrons. The van der Waals surface area contributed by atoms with Crippen molar-refractivity contribution in [2.75, 3.05) is 19.6 Å². The minimum atomic E-state index is 0.837. The van der Waals surface area contributed by atoms with Gasteiger partial charge in [0.15, 0.2) is 0 Å². The van der Waals surface area contributed by atoms with E-state index >= 15 is 0 Å². The van der Waals surface area contributed by atoms with Gasteiger partial charge >= 0.3 is 0 Å². The van der Waals surface area contributed by atoms with Crippen LogP contribution in [-0.4, -0.2) is 30.6 Å². The quantitative estimate of drug-likeness (QED) is 0.686. The molecule has 0 radical (unpaired) electrons. The molecule has 0 bridgehead atoms. The summed E-state index contributed by atoms with van der Waals surface area (Å²) in [6.45, 7) is 3.27. The van der Waals surface area contributed by atoms with Gasteiger partial charge in [0.1, 0.15) is 0 Å². The van der Waals surface area contributed by atoms with Crippen LogP contribution in [0.25, 0.3) is 0 Å². The molecular weight excluding hydrogens is 148 g/mol. The molecule has 2 nitrogen and oxygen atoms in total. The predicted octanol–water partition coefficient (Wildman–Crippen LogP) is 1.21. The van der Waals surface area contributed by atoms with Crippen molar-refractivity contribution in [3.05, 3.63) is 0 Å². The van der Waals surface area contributed by atoms with E-state index in [0.29, 0.717) is 0 Å². The molecule has 2 heteroatoms. The van der Waals surface area contributed by atoms with Crippen molar-refractivity contribution in [3.63, 3.8) is 0 Å². The van der Waals surface area contributed by atoms with Gasteiger partial charge in [-0.2, -0.15) is 0 Å². The van der Waals surface area contributed by atoms with Crippen molar-refractivity contribution in [1.29, 1.82) is 0 Å². The molecule has 2 fully saturated rings. The van der Waals surface area contributed by atoms with Gasteiger partial charge in [0.05, 0.1) is 0 Å². The zero-order valence-electron chi connectivity index (χ0n) is 7.84. The first-order chi connectivity index (χ1) is 5.92. The summed E-state index contributed by atoms with van der Waals surface area (Å²) in [5.41, 5.74) is 5.59. The van der Waals surface area contributed by atoms with Crippen molar-refractivity contribution < 1.29 is 0 Å². The third-order valence-corrected chi connectivity index (χ3v) is 3.52. The van der Waals surface area contributed by atoms with E-state index in [2.05, 4.69) is 4.90 Å². The molecule has 1 aliphatic heterocycles. The van der Waals surface area contributed by atoms with E-state index in [0.717, 1.165) is 25.0 Å². The first-order valence-electron chi connectivity index (χ1n) is 5.36. The Morgan fingerprint density at radius 3 is 2.58 bits per heavy atom. The maximum absolute atomic E-state index is 5.59. The largest absolute Gasteiger partial charge is 0.329 e. The van der Waals surface area contributed by atoms with Crippen LogP contribution in [0.3, 0.4) is 0 Å². The van der Waals surface area contributed by atoms with Crippen molar-refractivity contribution in [3.8, 4) is 0 Å². The maximum atomic E-state index is 5.59. The standard InChI is InChI=1S/C10H20N2/c11-6-8-12-7-2-5-10(12)9-3-1-4-9/h9-10H,1-8,11H2. The molecule has 0 amide bonds. The molecular formula is C10H20N2. The molecule has 0 aromatic heterocycles. The van der Waals surface area contributed by atoms with Crippen molar-refractivity contribution in [2.24, 2.45) is 11.7 Å². The Labute approximate surface area is 75.1 Å². The Balaban J connectivity index is 1.85. The highest BCUT2D eigenvalue weighted by Crippen LogP contribution is 2.36. The number of hydrogen-bond donors (Lipinski definition) is 1. The summed E-state index contributed by atoms with van der Waals surface area (Å²) in [5.74, 6) is 1.03. The summed E-state index contributed by atoms with van der Waals surface area (Å²) in [6, 6.07) is 0.905. The maximum Gasteiger partial charge on any atom is 0.0124 e. The van der Waals surface area contributed by atoms with Gasteiger partial charge in [0, 0.05) is 19.1 Å². The number of rotatable bonds is 3. The Morgan fingerprint density at radius 2 is 2.00 bits per heavy atom. The highest BCUT2D eigenvalue weighted by Gasteiger charge is 2.33. The molecule has 2 rings (SSSR count). The molecule has 1 saturated carbocycles. The summed E-state index contributed by atoms with van der Waals surface area (Å²) >= 11 is 0. The van der Waals surface area contributed by atoms with Crippen LogP contribution in [0.5, 0.6) is 0 Å². The molecule has 1 unspecified atom stereocenters. The minimum Gasteiger partial charge on any atom is -0.329 e. The van der Waals surface area contributed by atoms with E-state index in [4.69, 9.17) is 5.73 Å². The van der Waals surface area contributed by atoms with Gasteiger partial charge in [-0.3, -0.25) is 4.90 Å². The second-order valence-electron chi connectivity index (χ2n) is 4.23. The average Bonchev–Trinajstić information content (AvgIpc) is 2.35. The lowest BCUT2D eigenvalue weighted by Gasteiger charge is -2.36. The SMILES string of the molecule is NCCN1CCCC1C1CCC1. The van der Waals surface area contributed by atoms with Gasteiger partial charge in [0.2, 0.25) is 0 Å². The van der Waals surface area contributed by atoms with E-state index < -0.39 is 0 Å². The van der Waals surface area contributed by atoms with Crippen LogP contribution in [0.1, 0.15) is 32.1 Å². The van der Waals surface area contributed by atoms with Gasteiger partial charge in [-0.05, 0) is 38.1 Å². The monoisotopic (exact) mass is 168 g/mol. The molecule has 0 aromatic carbocycles. The Hall–Kier alpha value is -0.0800. The smallest absolute Gasteiger partial charge is 0.0124 e. The lowest BCUT2D eigenvalue weighted by Crippen LogP contribution is -2.41. The average molecular weight is 168 g/mol. The van der Waals surface area contributed by atoms with Crippen LogP contribution >= 0.6 is 0 Å². The Kier molecular flexibility index (Phi) is 2.66. The first kappa shape index (κ1) is 8.52. The van der Waals surface area contributed by atoms with Crippen LogP contribution in [0.4, 0.5) is 0 Å². The summed E-state index contributed by atoms with van der Waals surface area (Å²) < 4.78 is 0. The molecule has 1 saturated heterocycles. The predicted molar refractivity (Wildman–Crippen MR) is 51.0 cm³/mol. The lowest BCUT2D eigenvalue weighted by atomic mass is 9.79. The van der Waals surface area contributed by atoms with Gasteiger partial charge < -0.3 is 5.73 Å². The summed E-state index contributed by atoms with van der Waals surface area (Å²) in [5, 5.41) is 0. The first-order valence-corrected chi connectivity index (χ1v) is 5.36. The number of nitrogens with two attached hydrogens (primary N) is 1. The molecule has 2 aliphatic rings. The Morgan fingerprint density at radius 1 is 1.17 bits per heavy atom. The highest BCUT2D eigenvalue weighted by atomic mass is 15.2. The second kappa shape index (κ2) is 3.75. The van der Waals surface area contributed by atoms with Crippen LogP contribution in [0.2, 0.25) is 0 Å². The minimum absolute atomic E-state index is 0.837. The van der Waals surface area contributed by atoms with Crippen LogP contribution in [0.15, 0.2) is 0 Å². The fraction of sp³-hybridized carbons (Fsp3) is 1.00. The molecule has 1 atom stereocenters. The molecule has 1 heterocycles. The van der Waals surface area contributed by atoms with Crippen LogP contribution in [-0.2, 0) is 0 Å². The Bertz CT molecular complexity index is 143. The van der Waals surface area contributed by atoms with Crippen LogP contribution < -0.4 is 5.73 Å². The van der Waals surface area contributed by atoms with E-state index in [9.17, 15) is 0 Å². The number of nitrogens with zero attached hydrogens (tertiary/aromatic N) is 1. The number of hydrogen-bond acceptors (Lipinski definition) is 2. The molecule has 0 spiro atoms. The van der Waals surface area contributed by atoms with Crippen molar-refractivity contribution in [1.82, 2.24) is 4.90 Å². The zero-order chi connectivity index (χ0) is 8.39. The summed E-state index contributed by atoms with van der Waals surface area (Å²) in [4.78, 5) is 2.61. The lowest BCUT2D eigenvalue weighted by molar-refractivity contribution is 0.135. The third-order valence-electron chi connectivity index (χ3n) is 3.52. The van der Waals surface area contributed by atoms with E-state index in [1.54, 1.807) is 0 Å². The van der Waals surface area contributed by atoms with E-state index in [-0.39, 0.29) is 0 Å². The molecule has 2 N–H and O–H groups in total. The molecule has 0 aromatic rings. The van der Waals surface area contributed by atoms with E-state index in [1.807, 2.05) is 0 Å². The second-order valence-corrected chi connectivity index (χ2v) is 4.23. The third kappa shape index (κ3) is 1.50. The molecule has 12 heavy (non-hydrogen) atoms. The van der Waals surface area contributed by atoms with Gasteiger partial charge in [-0.25, -0.2) is 0 Å². The normalized spacial score (nSPS) is 32.2. The van der Waals surface area contributed by atoms with Crippen molar-refractivity contribution >= 4 is 0 Å². The van der Waals surface area contributed by atoms with Crippen molar-refractivity contribution in [2.45, 2.75) is 38.1 Å². The fourth-order valence-electron chi connectivity index (χ4n) is 2.65. The van der Waals surface area contributed by atoms with Gasteiger partial charge in [-0.15, -0.1) is 0 Å². The topological polar surface area (TPSA) is 29.3 Å². The number of likely N-dealkylation sites (tertiary alicyclic amines) is 1. The highest BCUT2D eigenvalue weighted by molar-refractivity contribution is 4.88.